The van der Waals surface area contributed by atoms with Gasteiger partial charge in [-0.1, -0.05) is 43.3 Å². The summed E-state index contributed by atoms with van der Waals surface area (Å²) >= 11 is 0. The molecule has 2 aromatic rings. The first kappa shape index (κ1) is 25.0. The van der Waals surface area contributed by atoms with E-state index in [4.69, 9.17) is 0 Å². The lowest BCUT2D eigenvalue weighted by atomic mass is 9.43. The predicted molar refractivity (Wildman–Crippen MR) is 142 cm³/mol. The smallest absolute Gasteiger partial charge is 0.408 e. The Bertz CT molecular complexity index is 1210. The molecule has 0 aromatic heterocycles. The van der Waals surface area contributed by atoms with Crippen LogP contribution in [0, 0.1) is 23.2 Å². The van der Waals surface area contributed by atoms with Gasteiger partial charge in [-0.05, 0) is 111 Å². The first-order chi connectivity index (χ1) is 18.2. The summed E-state index contributed by atoms with van der Waals surface area (Å²) in [5.74, 6) is 1.55. The summed E-state index contributed by atoms with van der Waals surface area (Å²) in [4.78, 5) is 4.45. The number of hydrogen-bond donors (Lipinski definition) is 1. The Balaban J connectivity index is 1.35. The van der Waals surface area contributed by atoms with E-state index >= 15 is 0 Å². The lowest BCUT2D eigenvalue weighted by molar-refractivity contribution is -0.200. The van der Waals surface area contributed by atoms with Gasteiger partial charge >= 0.3 is 6.18 Å². The van der Waals surface area contributed by atoms with Crippen molar-refractivity contribution in [1.82, 2.24) is 9.80 Å². The summed E-state index contributed by atoms with van der Waals surface area (Å²) in [6.07, 6.45) is 3.12. The van der Waals surface area contributed by atoms with Crippen molar-refractivity contribution < 1.29 is 18.3 Å². The number of phenols is 1. The maximum absolute atomic E-state index is 14.7. The minimum atomic E-state index is -4.36. The van der Waals surface area contributed by atoms with Gasteiger partial charge in [-0.3, -0.25) is 9.80 Å². The molecule has 38 heavy (non-hydrogen) atoms. The zero-order valence-electron chi connectivity index (χ0n) is 22.4. The molecule has 1 heterocycles. The molecule has 0 amide bonds. The molecule has 204 valence electrons. The summed E-state index contributed by atoms with van der Waals surface area (Å²) in [5, 5.41) is 10.7. The molecule has 0 spiro atoms. The maximum Gasteiger partial charge on any atom is 0.408 e. The average Bonchev–Trinajstić information content (AvgIpc) is 3.66. The zero-order valence-corrected chi connectivity index (χ0v) is 22.4. The first-order valence-corrected chi connectivity index (χ1v) is 14.6. The van der Waals surface area contributed by atoms with Crippen molar-refractivity contribution >= 4 is 0 Å². The highest BCUT2D eigenvalue weighted by molar-refractivity contribution is 5.50. The molecule has 4 fully saturated rings. The van der Waals surface area contributed by atoms with Crippen LogP contribution in [0.15, 0.2) is 48.5 Å². The Kier molecular flexibility index (Phi) is 5.56. The van der Waals surface area contributed by atoms with Gasteiger partial charge in [0.1, 0.15) is 11.8 Å². The van der Waals surface area contributed by atoms with Crippen LogP contribution in [-0.2, 0) is 11.8 Å². The fourth-order valence-corrected chi connectivity index (χ4v) is 10.2. The summed E-state index contributed by atoms with van der Waals surface area (Å²) < 4.78 is 44.2. The molecule has 5 aliphatic rings. The van der Waals surface area contributed by atoms with E-state index in [1.165, 1.54) is 30.5 Å². The highest BCUT2D eigenvalue weighted by Gasteiger charge is 2.74. The molecule has 1 aliphatic heterocycles. The Morgan fingerprint density at radius 3 is 2.55 bits per heavy atom. The fourth-order valence-electron chi connectivity index (χ4n) is 10.2. The number of hydrogen-bond acceptors (Lipinski definition) is 3. The third-order valence-corrected chi connectivity index (χ3v) is 11.5. The Hall–Kier alpha value is -2.05. The monoisotopic (exact) mass is 524 g/mol. The van der Waals surface area contributed by atoms with Crippen molar-refractivity contribution in [2.24, 2.45) is 23.2 Å². The first-order valence-electron chi connectivity index (χ1n) is 14.6. The van der Waals surface area contributed by atoms with Crippen LogP contribution < -0.4 is 0 Å². The second-order valence-electron chi connectivity index (χ2n) is 13.2. The Morgan fingerprint density at radius 1 is 1.08 bits per heavy atom. The summed E-state index contributed by atoms with van der Waals surface area (Å²) in [5.41, 5.74) is 2.76. The molecule has 6 heteroatoms. The molecule has 7 rings (SSSR count). The van der Waals surface area contributed by atoms with Gasteiger partial charge in [0, 0.05) is 24.0 Å². The van der Waals surface area contributed by atoms with Gasteiger partial charge in [0.15, 0.2) is 0 Å². The van der Waals surface area contributed by atoms with E-state index < -0.39 is 12.2 Å². The molecule has 6 unspecified atom stereocenters. The standard InChI is InChI=1S/C32H39F3N2O/c1-20-18-30-13-12-26(36(2)29(32(33,34)35)22-6-4-3-5-7-22)28(20)31(30)14-15-37(19-21-8-9-21)27(30)16-23-10-11-24(38)17-25(23)31/h3-7,10-11,17,20-21,26-29,38H,8-9,12-16,18-19H2,1-2H3/t20-,26?,27?,28?,29?,30?,31?/m0/s1. The maximum atomic E-state index is 14.7. The van der Waals surface area contributed by atoms with Crippen LogP contribution in [0.1, 0.15) is 68.2 Å². The van der Waals surface area contributed by atoms with Crippen LogP contribution in [0.25, 0.3) is 0 Å². The number of nitrogens with zero attached hydrogens (tertiary/aromatic N) is 2. The van der Waals surface area contributed by atoms with Gasteiger partial charge in [0.2, 0.25) is 0 Å². The number of halogens is 3. The molecule has 1 saturated heterocycles. The number of alkyl halides is 3. The van der Waals surface area contributed by atoms with Crippen molar-refractivity contribution in [3.63, 3.8) is 0 Å². The minimum absolute atomic E-state index is 0.0723. The van der Waals surface area contributed by atoms with Gasteiger partial charge in [0.25, 0.3) is 0 Å². The van der Waals surface area contributed by atoms with Crippen molar-refractivity contribution in [2.45, 2.75) is 81.6 Å². The van der Waals surface area contributed by atoms with Crippen LogP contribution in [0.3, 0.4) is 0 Å². The van der Waals surface area contributed by atoms with Gasteiger partial charge in [-0.25, -0.2) is 0 Å². The molecular formula is C32H39F3N2O. The van der Waals surface area contributed by atoms with Gasteiger partial charge in [0.05, 0.1) is 0 Å². The number of rotatable bonds is 5. The summed E-state index contributed by atoms with van der Waals surface area (Å²) in [6, 6.07) is 13.0. The highest BCUT2D eigenvalue weighted by atomic mass is 19.4. The quantitative estimate of drug-likeness (QED) is 0.471. The van der Waals surface area contributed by atoms with E-state index in [9.17, 15) is 18.3 Å². The third-order valence-electron chi connectivity index (χ3n) is 11.5. The van der Waals surface area contributed by atoms with E-state index in [0.717, 1.165) is 44.6 Å². The number of piperidine rings is 1. The topological polar surface area (TPSA) is 26.7 Å². The largest absolute Gasteiger partial charge is 0.508 e. The normalized spacial score (nSPS) is 37.1. The van der Waals surface area contributed by atoms with Crippen LogP contribution in [0.2, 0.25) is 0 Å². The van der Waals surface area contributed by atoms with Crippen LogP contribution in [0.5, 0.6) is 5.75 Å². The minimum Gasteiger partial charge on any atom is -0.508 e. The molecule has 4 aliphatic carbocycles. The van der Waals surface area contributed by atoms with Crippen LogP contribution in [-0.4, -0.2) is 53.3 Å². The molecule has 2 aromatic carbocycles. The highest BCUT2D eigenvalue weighted by Crippen LogP contribution is 2.74. The second-order valence-corrected chi connectivity index (χ2v) is 13.2. The van der Waals surface area contributed by atoms with Gasteiger partial charge < -0.3 is 5.11 Å². The number of likely N-dealkylation sites (tertiary alicyclic amines) is 1. The fraction of sp³-hybridized carbons (Fsp3) is 0.625. The second kappa shape index (κ2) is 8.47. The SMILES string of the molecule is C[C@H]1CC23CCC(N(C)C(c4ccccc4)C(F)(F)F)C1C21CCN(CC2CC2)C3Cc2ccc(O)cc21. The molecule has 1 N–H and O–H groups in total. The summed E-state index contributed by atoms with van der Waals surface area (Å²) in [7, 11) is 1.72. The number of fused-ring (bicyclic) bond motifs is 1. The van der Waals surface area contributed by atoms with E-state index in [2.05, 4.69) is 17.9 Å². The van der Waals surface area contributed by atoms with E-state index in [0.29, 0.717) is 17.5 Å². The number of aromatic hydroxyl groups is 1. The Morgan fingerprint density at radius 2 is 1.84 bits per heavy atom. The van der Waals surface area contributed by atoms with E-state index in [1.54, 1.807) is 48.3 Å². The van der Waals surface area contributed by atoms with E-state index in [-0.39, 0.29) is 28.5 Å². The lowest BCUT2D eigenvalue weighted by Gasteiger charge is -2.67. The summed E-state index contributed by atoms with van der Waals surface area (Å²) in [6.45, 7) is 4.49. The lowest BCUT2D eigenvalue weighted by Crippen LogP contribution is -2.70. The number of benzene rings is 2. The average molecular weight is 525 g/mol. The van der Waals surface area contributed by atoms with Crippen molar-refractivity contribution in [3.8, 4) is 5.75 Å². The molecule has 7 atom stereocenters. The Labute approximate surface area is 224 Å². The van der Waals surface area contributed by atoms with Crippen LogP contribution in [0.4, 0.5) is 13.2 Å². The van der Waals surface area contributed by atoms with Crippen LogP contribution >= 0.6 is 0 Å². The molecule has 4 bridgehead atoms. The molecule has 0 radical (unpaired) electrons. The van der Waals surface area contributed by atoms with Gasteiger partial charge in [-0.2, -0.15) is 13.2 Å². The number of phenolic OH excluding ortho intramolecular Hbond substituents is 1. The van der Waals surface area contributed by atoms with Crippen molar-refractivity contribution in [2.75, 3.05) is 20.1 Å². The van der Waals surface area contributed by atoms with Crippen molar-refractivity contribution in [3.05, 3.63) is 65.2 Å². The van der Waals surface area contributed by atoms with Gasteiger partial charge in [-0.15, -0.1) is 0 Å². The zero-order chi connectivity index (χ0) is 26.4. The third kappa shape index (κ3) is 3.41. The molecular weight excluding hydrogens is 485 g/mol. The molecule has 3 nitrogen and oxygen atoms in total. The van der Waals surface area contributed by atoms with Crippen molar-refractivity contribution in [1.29, 1.82) is 0 Å². The predicted octanol–water partition coefficient (Wildman–Crippen LogP) is 6.71. The molecule has 3 saturated carbocycles. The van der Waals surface area contributed by atoms with E-state index in [1.807, 2.05) is 6.07 Å².